The first-order valence-corrected chi connectivity index (χ1v) is 6.41. The predicted molar refractivity (Wildman–Crippen MR) is 71.3 cm³/mol. The van der Waals surface area contributed by atoms with Gasteiger partial charge in [-0.2, -0.15) is 5.10 Å². The molecule has 0 N–H and O–H groups in total. The highest BCUT2D eigenvalue weighted by atomic mass is 16.2. The van der Waals surface area contributed by atoms with Crippen LogP contribution in [0.2, 0.25) is 0 Å². The molecule has 0 aliphatic carbocycles. The SMILES string of the molecule is Cc1ccc2nc(C(=O)N3CCN(C)C(=O)C3)cn2n1. The van der Waals surface area contributed by atoms with Crippen LogP contribution in [0.4, 0.5) is 0 Å². The lowest BCUT2D eigenvalue weighted by Crippen LogP contribution is -2.50. The maximum Gasteiger partial charge on any atom is 0.274 e. The maximum absolute atomic E-state index is 12.4. The van der Waals surface area contributed by atoms with Crippen LogP contribution in [-0.2, 0) is 4.79 Å². The minimum atomic E-state index is -0.227. The van der Waals surface area contributed by atoms with Crippen LogP contribution in [0.5, 0.6) is 0 Å². The van der Waals surface area contributed by atoms with Gasteiger partial charge in [-0.1, -0.05) is 0 Å². The average molecular weight is 273 g/mol. The van der Waals surface area contributed by atoms with Gasteiger partial charge in [0.2, 0.25) is 5.91 Å². The lowest BCUT2D eigenvalue weighted by atomic mass is 10.3. The Labute approximate surface area is 115 Å². The van der Waals surface area contributed by atoms with Gasteiger partial charge in [0.15, 0.2) is 5.65 Å². The number of rotatable bonds is 1. The summed E-state index contributed by atoms with van der Waals surface area (Å²) in [6, 6.07) is 3.66. The molecule has 0 atom stereocenters. The molecule has 104 valence electrons. The quantitative estimate of drug-likeness (QED) is 0.730. The number of hydrogen-bond acceptors (Lipinski definition) is 4. The molecular formula is C13H15N5O2. The number of likely N-dealkylation sites (N-methyl/N-ethyl adjacent to an activating group) is 1. The zero-order valence-electron chi connectivity index (χ0n) is 11.4. The van der Waals surface area contributed by atoms with Crippen molar-refractivity contribution in [2.75, 3.05) is 26.7 Å². The zero-order chi connectivity index (χ0) is 14.3. The molecule has 1 saturated heterocycles. The molecule has 3 rings (SSSR count). The number of imidazole rings is 1. The summed E-state index contributed by atoms with van der Waals surface area (Å²) in [4.78, 5) is 31.4. The first kappa shape index (κ1) is 12.6. The van der Waals surface area contributed by atoms with Gasteiger partial charge in [-0.25, -0.2) is 9.50 Å². The van der Waals surface area contributed by atoms with Gasteiger partial charge in [0.05, 0.1) is 11.9 Å². The molecule has 7 heteroatoms. The minimum Gasteiger partial charge on any atom is -0.342 e. The molecule has 0 radical (unpaired) electrons. The molecule has 0 saturated carbocycles. The van der Waals surface area contributed by atoms with E-state index < -0.39 is 0 Å². The number of amides is 2. The second-order valence-electron chi connectivity index (χ2n) is 4.95. The van der Waals surface area contributed by atoms with Crippen molar-refractivity contribution in [3.8, 4) is 0 Å². The Morgan fingerprint density at radius 3 is 2.85 bits per heavy atom. The predicted octanol–water partition coefficient (Wildman–Crippen LogP) is -0.0481. The van der Waals surface area contributed by atoms with E-state index in [0.717, 1.165) is 5.69 Å². The Balaban J connectivity index is 1.87. The Hall–Kier alpha value is -2.44. The van der Waals surface area contributed by atoms with E-state index in [4.69, 9.17) is 0 Å². The third-order valence-corrected chi connectivity index (χ3v) is 3.42. The van der Waals surface area contributed by atoms with E-state index in [1.807, 2.05) is 19.1 Å². The number of carbonyl (C=O) groups is 2. The fourth-order valence-corrected chi connectivity index (χ4v) is 2.17. The number of aromatic nitrogens is 3. The number of carbonyl (C=O) groups excluding carboxylic acids is 2. The molecule has 1 fully saturated rings. The van der Waals surface area contributed by atoms with Crippen LogP contribution in [0.3, 0.4) is 0 Å². The number of hydrogen-bond donors (Lipinski definition) is 0. The van der Waals surface area contributed by atoms with Crippen molar-refractivity contribution in [2.24, 2.45) is 0 Å². The molecule has 2 aromatic heterocycles. The van der Waals surface area contributed by atoms with Crippen molar-refractivity contribution >= 4 is 17.5 Å². The summed E-state index contributed by atoms with van der Waals surface area (Å²) in [5.74, 6) is -0.281. The van der Waals surface area contributed by atoms with Gasteiger partial charge in [0.1, 0.15) is 12.2 Å². The van der Waals surface area contributed by atoms with E-state index in [9.17, 15) is 9.59 Å². The van der Waals surface area contributed by atoms with E-state index in [-0.39, 0.29) is 18.4 Å². The number of fused-ring (bicyclic) bond motifs is 1. The van der Waals surface area contributed by atoms with Gasteiger partial charge in [-0.05, 0) is 19.1 Å². The molecule has 0 aromatic carbocycles. The van der Waals surface area contributed by atoms with E-state index in [1.165, 1.54) is 4.90 Å². The largest absolute Gasteiger partial charge is 0.342 e. The standard InChI is InChI=1S/C13H15N5O2/c1-9-3-4-11-14-10(7-18(11)15-9)13(20)17-6-5-16(2)12(19)8-17/h3-4,7H,5-6,8H2,1-2H3. The summed E-state index contributed by atoms with van der Waals surface area (Å²) in [5.41, 5.74) is 1.79. The van der Waals surface area contributed by atoms with Crippen LogP contribution in [0.25, 0.3) is 5.65 Å². The van der Waals surface area contributed by atoms with Gasteiger partial charge < -0.3 is 9.80 Å². The van der Waals surface area contributed by atoms with Gasteiger partial charge in [-0.15, -0.1) is 0 Å². The van der Waals surface area contributed by atoms with Gasteiger partial charge >= 0.3 is 0 Å². The van der Waals surface area contributed by atoms with Crippen molar-refractivity contribution in [1.82, 2.24) is 24.4 Å². The van der Waals surface area contributed by atoms with E-state index in [0.29, 0.717) is 24.4 Å². The van der Waals surface area contributed by atoms with Gasteiger partial charge in [0, 0.05) is 20.1 Å². The van der Waals surface area contributed by atoms with Gasteiger partial charge in [-0.3, -0.25) is 9.59 Å². The first-order chi connectivity index (χ1) is 9.54. The molecule has 1 aliphatic rings. The van der Waals surface area contributed by atoms with Crippen LogP contribution in [0, 0.1) is 6.92 Å². The highest BCUT2D eigenvalue weighted by molar-refractivity contribution is 5.95. The Morgan fingerprint density at radius 2 is 2.10 bits per heavy atom. The van der Waals surface area contributed by atoms with E-state index in [1.54, 1.807) is 22.7 Å². The Bertz CT molecular complexity index is 693. The summed E-state index contributed by atoms with van der Waals surface area (Å²) in [6.45, 7) is 3.06. The normalized spacial score (nSPS) is 16.0. The first-order valence-electron chi connectivity index (χ1n) is 6.41. The lowest BCUT2D eigenvalue weighted by Gasteiger charge is -2.31. The topological polar surface area (TPSA) is 70.8 Å². The zero-order valence-corrected chi connectivity index (χ0v) is 11.4. The highest BCUT2D eigenvalue weighted by Gasteiger charge is 2.27. The summed E-state index contributed by atoms with van der Waals surface area (Å²) in [7, 11) is 1.74. The van der Waals surface area contributed by atoms with Crippen LogP contribution >= 0.6 is 0 Å². The number of aryl methyl sites for hydroxylation is 1. The highest BCUT2D eigenvalue weighted by Crippen LogP contribution is 2.10. The molecular weight excluding hydrogens is 258 g/mol. The molecule has 3 heterocycles. The fourth-order valence-electron chi connectivity index (χ4n) is 2.17. The minimum absolute atomic E-state index is 0.0534. The smallest absolute Gasteiger partial charge is 0.274 e. The van der Waals surface area contributed by atoms with E-state index >= 15 is 0 Å². The molecule has 2 aromatic rings. The van der Waals surface area contributed by atoms with Crippen LogP contribution < -0.4 is 0 Å². The van der Waals surface area contributed by atoms with Crippen molar-refractivity contribution in [3.63, 3.8) is 0 Å². The Morgan fingerprint density at radius 1 is 1.30 bits per heavy atom. The third-order valence-electron chi connectivity index (χ3n) is 3.42. The van der Waals surface area contributed by atoms with Crippen molar-refractivity contribution < 1.29 is 9.59 Å². The van der Waals surface area contributed by atoms with Crippen molar-refractivity contribution in [2.45, 2.75) is 6.92 Å². The summed E-state index contributed by atoms with van der Waals surface area (Å²) >= 11 is 0. The Kier molecular flexibility index (Phi) is 2.89. The summed E-state index contributed by atoms with van der Waals surface area (Å²) in [6.07, 6.45) is 1.60. The van der Waals surface area contributed by atoms with Gasteiger partial charge in [0.25, 0.3) is 5.91 Å². The second kappa shape index (κ2) is 4.59. The molecule has 0 bridgehead atoms. The molecule has 7 nitrogen and oxygen atoms in total. The van der Waals surface area contributed by atoms with E-state index in [2.05, 4.69) is 10.1 Å². The van der Waals surface area contributed by atoms with Crippen LogP contribution in [0.1, 0.15) is 16.2 Å². The average Bonchev–Trinajstić information content (AvgIpc) is 2.84. The van der Waals surface area contributed by atoms with Crippen LogP contribution in [-0.4, -0.2) is 62.9 Å². The van der Waals surface area contributed by atoms with Crippen LogP contribution in [0.15, 0.2) is 18.3 Å². The summed E-state index contributed by atoms with van der Waals surface area (Å²) < 4.78 is 1.58. The number of nitrogens with zero attached hydrogens (tertiary/aromatic N) is 5. The third kappa shape index (κ3) is 2.11. The molecule has 1 aliphatic heterocycles. The molecule has 2 amide bonds. The molecule has 0 unspecified atom stereocenters. The molecule has 0 spiro atoms. The monoisotopic (exact) mass is 273 g/mol. The fraction of sp³-hybridized carbons (Fsp3) is 0.385. The van der Waals surface area contributed by atoms with Crippen molar-refractivity contribution in [1.29, 1.82) is 0 Å². The lowest BCUT2D eigenvalue weighted by molar-refractivity contribution is -0.133. The number of piperazine rings is 1. The summed E-state index contributed by atoms with van der Waals surface area (Å²) in [5, 5.41) is 4.26. The van der Waals surface area contributed by atoms with Crippen molar-refractivity contribution in [3.05, 3.63) is 29.7 Å². The maximum atomic E-state index is 12.4. The molecule has 20 heavy (non-hydrogen) atoms. The second-order valence-corrected chi connectivity index (χ2v) is 4.95.